The maximum atomic E-state index is 13.8. The van der Waals surface area contributed by atoms with Crippen LogP contribution in [0.5, 0.6) is 0 Å². The van der Waals surface area contributed by atoms with Crippen molar-refractivity contribution in [2.24, 2.45) is 0 Å². The fourth-order valence-electron chi connectivity index (χ4n) is 2.76. The SMILES string of the molecule is Cc1ccc(NC(=O)CN(C)C(=O)CCc2ncc(-c3ccccc3F)o2)cc1. The number of rotatable bonds is 7. The van der Waals surface area contributed by atoms with E-state index in [0.29, 0.717) is 22.9 Å². The number of hydrogen-bond acceptors (Lipinski definition) is 4. The van der Waals surface area contributed by atoms with Crippen LogP contribution in [-0.2, 0) is 16.0 Å². The van der Waals surface area contributed by atoms with Gasteiger partial charge >= 0.3 is 0 Å². The highest BCUT2D eigenvalue weighted by Crippen LogP contribution is 2.23. The number of halogens is 1. The Bertz CT molecular complexity index is 999. The van der Waals surface area contributed by atoms with Gasteiger partial charge in [-0.25, -0.2) is 9.37 Å². The van der Waals surface area contributed by atoms with Gasteiger partial charge in [-0.3, -0.25) is 9.59 Å². The second kappa shape index (κ2) is 9.14. The molecule has 3 aromatic rings. The molecule has 2 aromatic carbocycles. The Kier molecular flexibility index (Phi) is 6.39. The van der Waals surface area contributed by atoms with Crippen molar-refractivity contribution >= 4 is 17.5 Å². The molecule has 0 bridgehead atoms. The van der Waals surface area contributed by atoms with Gasteiger partial charge in [-0.1, -0.05) is 29.8 Å². The van der Waals surface area contributed by atoms with Gasteiger partial charge in [-0.15, -0.1) is 0 Å². The second-order valence-corrected chi connectivity index (χ2v) is 6.76. The minimum Gasteiger partial charge on any atom is -0.441 e. The van der Waals surface area contributed by atoms with Crippen molar-refractivity contribution in [2.45, 2.75) is 19.8 Å². The van der Waals surface area contributed by atoms with Crippen molar-refractivity contribution in [3.63, 3.8) is 0 Å². The number of nitrogens with zero attached hydrogens (tertiary/aromatic N) is 2. The lowest BCUT2D eigenvalue weighted by atomic mass is 10.2. The molecule has 0 atom stereocenters. The fourth-order valence-corrected chi connectivity index (χ4v) is 2.76. The van der Waals surface area contributed by atoms with Crippen molar-refractivity contribution in [3.05, 3.63) is 72.0 Å². The molecule has 0 aliphatic carbocycles. The number of amides is 2. The first-order valence-corrected chi connectivity index (χ1v) is 9.22. The Labute approximate surface area is 168 Å². The smallest absolute Gasteiger partial charge is 0.243 e. The van der Waals surface area contributed by atoms with E-state index in [9.17, 15) is 14.0 Å². The molecular formula is C22H22FN3O3. The largest absolute Gasteiger partial charge is 0.441 e. The van der Waals surface area contributed by atoms with Crippen LogP contribution in [-0.4, -0.2) is 35.3 Å². The van der Waals surface area contributed by atoms with Gasteiger partial charge in [0.2, 0.25) is 11.8 Å². The predicted molar refractivity (Wildman–Crippen MR) is 108 cm³/mol. The van der Waals surface area contributed by atoms with Crippen molar-refractivity contribution in [2.75, 3.05) is 18.9 Å². The number of benzene rings is 2. The van der Waals surface area contributed by atoms with E-state index in [4.69, 9.17) is 4.42 Å². The summed E-state index contributed by atoms with van der Waals surface area (Å²) in [5.74, 6) is -0.228. The maximum absolute atomic E-state index is 13.8. The second-order valence-electron chi connectivity index (χ2n) is 6.76. The minimum absolute atomic E-state index is 0.0568. The third kappa shape index (κ3) is 5.51. The summed E-state index contributed by atoms with van der Waals surface area (Å²) in [6.07, 6.45) is 1.83. The van der Waals surface area contributed by atoms with Crippen molar-refractivity contribution in [1.29, 1.82) is 0 Å². The molecule has 0 saturated carbocycles. The lowest BCUT2D eigenvalue weighted by Crippen LogP contribution is -2.35. The highest BCUT2D eigenvalue weighted by atomic mass is 19.1. The molecule has 0 fully saturated rings. The molecule has 150 valence electrons. The molecule has 0 saturated heterocycles. The van der Waals surface area contributed by atoms with Crippen LogP contribution < -0.4 is 5.32 Å². The molecule has 0 unspecified atom stereocenters. The lowest BCUT2D eigenvalue weighted by Gasteiger charge is -2.16. The standard InChI is InChI=1S/C22H22FN3O3/c1-15-7-9-16(10-8-15)25-20(27)14-26(2)22(28)12-11-21-24-13-19(29-21)17-5-3-4-6-18(17)23/h3-10,13H,11-12,14H2,1-2H3,(H,25,27). The van der Waals surface area contributed by atoms with Crippen LogP contribution in [0, 0.1) is 12.7 Å². The molecule has 1 N–H and O–H groups in total. The quantitative estimate of drug-likeness (QED) is 0.660. The number of hydrogen-bond donors (Lipinski definition) is 1. The third-order valence-electron chi connectivity index (χ3n) is 4.39. The predicted octanol–water partition coefficient (Wildman–Crippen LogP) is 3.82. The van der Waals surface area contributed by atoms with E-state index in [1.807, 2.05) is 31.2 Å². The zero-order chi connectivity index (χ0) is 20.8. The summed E-state index contributed by atoms with van der Waals surface area (Å²) in [5.41, 5.74) is 2.10. The van der Waals surface area contributed by atoms with Gasteiger partial charge in [0.1, 0.15) is 5.82 Å². The van der Waals surface area contributed by atoms with E-state index < -0.39 is 5.82 Å². The maximum Gasteiger partial charge on any atom is 0.243 e. The Balaban J connectivity index is 1.49. The van der Waals surface area contributed by atoms with Crippen molar-refractivity contribution in [3.8, 4) is 11.3 Å². The molecule has 6 nitrogen and oxygen atoms in total. The molecule has 29 heavy (non-hydrogen) atoms. The number of carbonyl (C=O) groups excluding carboxylic acids is 2. The highest BCUT2D eigenvalue weighted by molar-refractivity contribution is 5.94. The highest BCUT2D eigenvalue weighted by Gasteiger charge is 2.16. The van der Waals surface area contributed by atoms with E-state index in [1.54, 1.807) is 25.2 Å². The van der Waals surface area contributed by atoms with E-state index in [2.05, 4.69) is 10.3 Å². The molecular weight excluding hydrogens is 373 g/mol. The fraction of sp³-hybridized carbons (Fsp3) is 0.227. The number of aromatic nitrogens is 1. The summed E-state index contributed by atoms with van der Waals surface area (Å²) in [6, 6.07) is 13.7. The topological polar surface area (TPSA) is 75.4 Å². The zero-order valence-electron chi connectivity index (χ0n) is 16.3. The first-order valence-electron chi connectivity index (χ1n) is 9.22. The summed E-state index contributed by atoms with van der Waals surface area (Å²) in [4.78, 5) is 29.9. The number of anilines is 1. The number of nitrogens with one attached hydrogen (secondary N) is 1. The molecule has 0 aliphatic heterocycles. The van der Waals surface area contributed by atoms with E-state index >= 15 is 0 Å². The van der Waals surface area contributed by atoms with Crippen LogP contribution in [0.25, 0.3) is 11.3 Å². The van der Waals surface area contributed by atoms with Crippen LogP contribution in [0.15, 0.2) is 59.1 Å². The van der Waals surface area contributed by atoms with Crippen LogP contribution in [0.4, 0.5) is 10.1 Å². The van der Waals surface area contributed by atoms with E-state index in [1.165, 1.54) is 17.2 Å². The Hall–Kier alpha value is -3.48. The third-order valence-corrected chi connectivity index (χ3v) is 4.39. The van der Waals surface area contributed by atoms with Crippen LogP contribution in [0.1, 0.15) is 17.9 Å². The Morgan fingerprint density at radius 2 is 1.86 bits per heavy atom. The summed E-state index contributed by atoms with van der Waals surface area (Å²) in [5, 5.41) is 2.76. The van der Waals surface area contributed by atoms with Crippen LogP contribution >= 0.6 is 0 Å². The van der Waals surface area contributed by atoms with Gasteiger partial charge < -0.3 is 14.6 Å². The average Bonchev–Trinajstić information content (AvgIpc) is 3.17. The Morgan fingerprint density at radius 3 is 2.59 bits per heavy atom. The van der Waals surface area contributed by atoms with Crippen molar-refractivity contribution < 1.29 is 18.4 Å². The van der Waals surface area contributed by atoms with Crippen LogP contribution in [0.2, 0.25) is 0 Å². The number of aryl methyl sites for hydroxylation is 2. The zero-order valence-corrected chi connectivity index (χ0v) is 16.3. The first-order chi connectivity index (χ1) is 13.9. The number of likely N-dealkylation sites (N-methyl/N-ethyl adjacent to an activating group) is 1. The van der Waals surface area contributed by atoms with Gasteiger partial charge in [-0.2, -0.15) is 0 Å². The lowest BCUT2D eigenvalue weighted by molar-refractivity contribution is -0.133. The summed E-state index contributed by atoms with van der Waals surface area (Å²) >= 11 is 0. The minimum atomic E-state index is -0.398. The molecule has 7 heteroatoms. The molecule has 0 aliphatic rings. The molecule has 3 rings (SSSR count). The first kappa shape index (κ1) is 20.3. The van der Waals surface area contributed by atoms with Gasteiger partial charge in [0.05, 0.1) is 18.3 Å². The molecule has 0 spiro atoms. The number of oxazole rings is 1. The average molecular weight is 395 g/mol. The van der Waals surface area contributed by atoms with Gasteiger partial charge in [0.15, 0.2) is 11.7 Å². The van der Waals surface area contributed by atoms with Gasteiger partial charge in [0, 0.05) is 25.6 Å². The van der Waals surface area contributed by atoms with Gasteiger partial charge in [-0.05, 0) is 31.2 Å². The molecule has 1 aromatic heterocycles. The molecule has 2 amide bonds. The van der Waals surface area contributed by atoms with E-state index in [-0.39, 0.29) is 31.2 Å². The van der Waals surface area contributed by atoms with Crippen LogP contribution in [0.3, 0.4) is 0 Å². The monoisotopic (exact) mass is 395 g/mol. The van der Waals surface area contributed by atoms with Gasteiger partial charge in [0.25, 0.3) is 0 Å². The normalized spacial score (nSPS) is 10.6. The molecule has 1 heterocycles. The van der Waals surface area contributed by atoms with E-state index in [0.717, 1.165) is 5.56 Å². The summed E-state index contributed by atoms with van der Waals surface area (Å²) in [6.45, 7) is 1.91. The van der Waals surface area contributed by atoms with Crippen molar-refractivity contribution in [1.82, 2.24) is 9.88 Å². The summed E-state index contributed by atoms with van der Waals surface area (Å²) in [7, 11) is 1.57. The Morgan fingerprint density at radius 1 is 1.14 bits per heavy atom. The number of carbonyl (C=O) groups is 2. The molecule has 0 radical (unpaired) electrons. The summed E-state index contributed by atoms with van der Waals surface area (Å²) < 4.78 is 19.4.